The monoisotopic (exact) mass is 598 g/mol. The summed E-state index contributed by atoms with van der Waals surface area (Å²) in [6.45, 7) is 4.46. The molecule has 0 amide bonds. The molecule has 206 valence electrons. The Kier molecular flexibility index (Phi) is 12.0. The van der Waals surface area contributed by atoms with Crippen LogP contribution >= 0.6 is 34.8 Å². The molecule has 2 unspecified atom stereocenters. The first-order valence-corrected chi connectivity index (χ1v) is 14.0. The molecule has 37 heavy (non-hydrogen) atoms. The summed E-state index contributed by atoms with van der Waals surface area (Å²) >= 11 is 18.3. The maximum absolute atomic E-state index is 13.3. The summed E-state index contributed by atoms with van der Waals surface area (Å²) in [7, 11) is -2.45. The van der Waals surface area contributed by atoms with Gasteiger partial charge >= 0.3 is 11.9 Å². The zero-order valence-corrected chi connectivity index (χ0v) is 23.9. The summed E-state index contributed by atoms with van der Waals surface area (Å²) in [4.78, 5) is 22.4. The van der Waals surface area contributed by atoms with Crippen LogP contribution in [0, 0.1) is 5.92 Å². The van der Waals surface area contributed by atoms with E-state index in [2.05, 4.69) is 0 Å². The van der Waals surface area contributed by atoms with Gasteiger partial charge in [-0.05, 0) is 30.7 Å². The van der Waals surface area contributed by atoms with Gasteiger partial charge in [0.15, 0.2) is 11.9 Å². The van der Waals surface area contributed by atoms with Crippen molar-refractivity contribution in [3.05, 3.63) is 45.0 Å². The van der Waals surface area contributed by atoms with E-state index < -0.39 is 34.0 Å². The van der Waals surface area contributed by atoms with Crippen LogP contribution in [0.5, 0.6) is 5.75 Å². The van der Waals surface area contributed by atoms with E-state index in [4.69, 9.17) is 58.5 Å². The van der Waals surface area contributed by atoms with Crippen LogP contribution in [0.4, 0.5) is 0 Å². The molecule has 0 aromatic heterocycles. The van der Waals surface area contributed by atoms with Gasteiger partial charge in [-0.1, -0.05) is 30.1 Å². The summed E-state index contributed by atoms with van der Waals surface area (Å²) in [5.74, 6) is -0.661. The first kappa shape index (κ1) is 31.2. The minimum Gasteiger partial charge on any atom is -0.494 e. The molecule has 0 aliphatic heterocycles. The Morgan fingerprint density at radius 2 is 1.54 bits per heavy atom. The number of methoxy groups -OCH3 is 1. The summed E-state index contributed by atoms with van der Waals surface area (Å²) in [6.07, 6.45) is 1.87. The first-order valence-electron chi connectivity index (χ1n) is 11.2. The van der Waals surface area contributed by atoms with Crippen LogP contribution in [0.25, 0.3) is 0 Å². The fourth-order valence-electron chi connectivity index (χ4n) is 3.43. The second-order valence-corrected chi connectivity index (χ2v) is 11.3. The van der Waals surface area contributed by atoms with Gasteiger partial charge in [-0.2, -0.15) is 0 Å². The maximum Gasteiger partial charge on any atom is 0.303 e. The van der Waals surface area contributed by atoms with Crippen LogP contribution in [-0.2, 0) is 38.4 Å². The van der Waals surface area contributed by atoms with Crippen LogP contribution < -0.4 is 4.74 Å². The molecule has 0 N–H and O–H groups in total. The number of ether oxygens (including phenoxy) is 5. The molecule has 13 heteroatoms. The summed E-state index contributed by atoms with van der Waals surface area (Å²) in [5, 5.41) is -0.0539. The number of alkyl halides is 1. The van der Waals surface area contributed by atoms with E-state index in [1.807, 2.05) is 6.92 Å². The molecule has 1 aromatic carbocycles. The summed E-state index contributed by atoms with van der Waals surface area (Å²) < 4.78 is 53.1. The number of carbonyl (C=O) groups excluding carboxylic acids is 2. The molecule has 0 heterocycles. The summed E-state index contributed by atoms with van der Waals surface area (Å²) in [5.41, 5.74) is 0. The lowest BCUT2D eigenvalue weighted by molar-refractivity contribution is -0.152. The van der Waals surface area contributed by atoms with Crippen LogP contribution in [0.15, 0.2) is 39.8 Å². The number of hydrogen-bond donors (Lipinski definition) is 0. The number of hydrogen-bond acceptors (Lipinski definition) is 9. The highest BCUT2D eigenvalue weighted by atomic mass is 35.5. The molecule has 0 spiro atoms. The van der Waals surface area contributed by atoms with E-state index in [9.17, 15) is 18.0 Å². The summed E-state index contributed by atoms with van der Waals surface area (Å²) in [6, 6.07) is 2.49. The predicted octanol–water partition coefficient (Wildman–Crippen LogP) is 4.72. The third-order valence-electron chi connectivity index (χ3n) is 5.09. The zero-order valence-electron chi connectivity index (χ0n) is 20.8. The lowest BCUT2D eigenvalue weighted by Gasteiger charge is -2.24. The van der Waals surface area contributed by atoms with Gasteiger partial charge in [0.25, 0.3) is 0 Å². The van der Waals surface area contributed by atoms with E-state index in [-0.39, 0.29) is 63.6 Å². The molecular weight excluding hydrogens is 571 g/mol. The minimum absolute atomic E-state index is 0.0103. The number of benzene rings is 1. The van der Waals surface area contributed by atoms with Gasteiger partial charge in [0.1, 0.15) is 19.3 Å². The van der Waals surface area contributed by atoms with E-state index in [1.54, 1.807) is 6.08 Å². The van der Waals surface area contributed by atoms with Gasteiger partial charge in [-0.3, -0.25) is 9.59 Å². The van der Waals surface area contributed by atoms with Crippen LogP contribution in [0.2, 0.25) is 10.0 Å². The highest BCUT2D eigenvalue weighted by Gasteiger charge is 2.29. The Balaban J connectivity index is 2.18. The van der Waals surface area contributed by atoms with Gasteiger partial charge < -0.3 is 23.7 Å². The number of allylic oxidation sites excluding steroid dienone is 4. The van der Waals surface area contributed by atoms with E-state index in [0.717, 1.165) is 0 Å². The highest BCUT2D eigenvalue weighted by molar-refractivity contribution is 7.95. The lowest BCUT2D eigenvalue weighted by Crippen LogP contribution is -2.28. The maximum atomic E-state index is 13.3. The quantitative estimate of drug-likeness (QED) is 0.235. The van der Waals surface area contributed by atoms with Gasteiger partial charge in [-0.15, -0.1) is 11.6 Å². The third-order valence-corrected chi connectivity index (χ3v) is 7.85. The molecule has 1 aliphatic carbocycles. The second-order valence-electron chi connectivity index (χ2n) is 8.22. The van der Waals surface area contributed by atoms with Gasteiger partial charge in [0.05, 0.1) is 38.1 Å². The molecule has 9 nitrogen and oxygen atoms in total. The fourth-order valence-corrected chi connectivity index (χ4v) is 5.87. The largest absolute Gasteiger partial charge is 0.494 e. The van der Waals surface area contributed by atoms with E-state index >= 15 is 0 Å². The van der Waals surface area contributed by atoms with Crippen molar-refractivity contribution < 1.29 is 41.7 Å². The second kappa shape index (κ2) is 14.2. The number of halogens is 3. The molecule has 1 aromatic rings. The normalized spacial score (nSPS) is 17.2. The third kappa shape index (κ3) is 9.07. The Bertz CT molecular complexity index is 1130. The molecule has 0 bridgehead atoms. The van der Waals surface area contributed by atoms with E-state index in [1.165, 1.54) is 39.2 Å². The van der Waals surface area contributed by atoms with Crippen LogP contribution in [0.1, 0.15) is 27.2 Å². The Morgan fingerprint density at radius 1 is 0.973 bits per heavy atom. The zero-order chi connectivity index (χ0) is 27.8. The number of carbonyl (C=O) groups is 2. The van der Waals surface area contributed by atoms with Crippen molar-refractivity contribution in [2.24, 2.45) is 5.92 Å². The van der Waals surface area contributed by atoms with Crippen molar-refractivity contribution in [1.82, 2.24) is 0 Å². The molecule has 0 radical (unpaired) electrons. The predicted molar refractivity (Wildman–Crippen MR) is 139 cm³/mol. The van der Waals surface area contributed by atoms with Crippen molar-refractivity contribution in [1.29, 1.82) is 0 Å². The van der Waals surface area contributed by atoms with Gasteiger partial charge in [0.2, 0.25) is 9.84 Å². The van der Waals surface area contributed by atoms with Crippen molar-refractivity contribution in [2.45, 2.75) is 44.3 Å². The number of sulfone groups is 1. The van der Waals surface area contributed by atoms with Crippen molar-refractivity contribution in [2.75, 3.05) is 32.8 Å². The minimum atomic E-state index is -3.93. The van der Waals surface area contributed by atoms with Crippen LogP contribution in [0.3, 0.4) is 0 Å². The average molecular weight is 600 g/mol. The van der Waals surface area contributed by atoms with Crippen molar-refractivity contribution >= 4 is 56.6 Å². The molecule has 0 saturated carbocycles. The fraction of sp³-hybridized carbons (Fsp3) is 0.500. The molecule has 0 saturated heterocycles. The number of rotatable bonds is 13. The Hall–Kier alpha value is -1.98. The molecule has 0 fully saturated rings. The van der Waals surface area contributed by atoms with Gasteiger partial charge in [-0.25, -0.2) is 8.42 Å². The smallest absolute Gasteiger partial charge is 0.303 e. The first-order chi connectivity index (χ1) is 17.4. The number of esters is 2. The topological polar surface area (TPSA) is 114 Å². The SMILES string of the molecule is COC[C@@H](COC1=CC=C(S(=O)(=O)c2cc(Cl)c(OCC(CCl)OC(C)=O)c(Cl)c2)CC1C)OC(C)=O. The molecule has 2 rings (SSSR count). The Morgan fingerprint density at radius 3 is 2.05 bits per heavy atom. The lowest BCUT2D eigenvalue weighted by atomic mass is 10.0. The molecule has 3 atom stereocenters. The average Bonchev–Trinajstić information content (AvgIpc) is 2.81. The standard InChI is InChI=1S/C24H29Cl3O9S/c1-14-7-19(5-6-23(14)33-13-18(11-32-4)36-16(3)29)37(30,31)20-8-21(26)24(22(27)9-20)34-12-17(10-25)35-15(2)28/h5-6,8-9,14,17-18H,7,10-13H2,1-4H3/t14?,17?,18-/m0/s1. The van der Waals surface area contributed by atoms with Crippen molar-refractivity contribution in [3.8, 4) is 5.75 Å². The van der Waals surface area contributed by atoms with Gasteiger partial charge in [0, 0.05) is 26.9 Å². The molecule has 1 aliphatic rings. The Labute approximate surface area is 231 Å². The van der Waals surface area contributed by atoms with Crippen LogP contribution in [-0.4, -0.2) is 65.4 Å². The van der Waals surface area contributed by atoms with Crippen molar-refractivity contribution in [3.63, 3.8) is 0 Å². The van der Waals surface area contributed by atoms with E-state index in [0.29, 0.717) is 5.76 Å². The molecular formula is C24H29Cl3O9S. The highest BCUT2D eigenvalue weighted by Crippen LogP contribution is 2.39.